The van der Waals surface area contributed by atoms with Crippen molar-refractivity contribution in [2.75, 3.05) is 43.4 Å². The summed E-state index contributed by atoms with van der Waals surface area (Å²) in [6.07, 6.45) is 0. The number of aryl methyl sites for hydroxylation is 1. The van der Waals surface area contributed by atoms with Crippen molar-refractivity contribution in [2.45, 2.75) is 31.6 Å². The van der Waals surface area contributed by atoms with Gasteiger partial charge in [-0.05, 0) is 19.1 Å². The minimum Gasteiger partial charge on any atom is -0.354 e. The first kappa shape index (κ1) is 19.8. The summed E-state index contributed by atoms with van der Waals surface area (Å²) in [6.45, 7) is 10.1. The molecule has 1 fully saturated rings. The van der Waals surface area contributed by atoms with Crippen LogP contribution in [0.15, 0.2) is 41.3 Å². The summed E-state index contributed by atoms with van der Waals surface area (Å²) >= 11 is 0. The van der Waals surface area contributed by atoms with Crippen LogP contribution >= 0.6 is 0 Å². The fraction of sp³-hybridized carbons (Fsp3) is 0.500. The van der Waals surface area contributed by atoms with Crippen molar-refractivity contribution in [3.05, 3.63) is 47.9 Å². The van der Waals surface area contributed by atoms with Crippen LogP contribution in [0, 0.1) is 6.92 Å². The molecule has 0 unspecified atom stereocenters. The third-order valence-corrected chi connectivity index (χ3v) is 6.56. The zero-order valence-corrected chi connectivity index (χ0v) is 17.1. The number of piperazine rings is 1. The summed E-state index contributed by atoms with van der Waals surface area (Å²) < 4.78 is 24.9. The molecule has 6 nitrogen and oxygen atoms in total. The van der Waals surface area contributed by atoms with Gasteiger partial charge >= 0.3 is 0 Å². The summed E-state index contributed by atoms with van der Waals surface area (Å²) in [5, 5.41) is 0. The second-order valence-corrected chi connectivity index (χ2v) is 9.45. The number of nitrogens with zero attached hydrogens (tertiary/aromatic N) is 4. The second-order valence-electron chi connectivity index (χ2n) is 7.34. The monoisotopic (exact) mass is 388 g/mol. The maximum absolute atomic E-state index is 12.4. The van der Waals surface area contributed by atoms with Gasteiger partial charge in [0.25, 0.3) is 0 Å². The highest BCUT2D eigenvalue weighted by atomic mass is 32.2. The first-order chi connectivity index (χ1) is 12.8. The highest BCUT2D eigenvalue weighted by Gasteiger charge is 2.22. The van der Waals surface area contributed by atoms with Crippen LogP contribution in [0.4, 0.5) is 5.82 Å². The first-order valence-corrected chi connectivity index (χ1v) is 11.1. The Morgan fingerprint density at radius 1 is 1.04 bits per heavy atom. The second kappa shape index (κ2) is 8.35. The number of anilines is 1. The van der Waals surface area contributed by atoms with Crippen LogP contribution in [0.5, 0.6) is 0 Å². The van der Waals surface area contributed by atoms with Crippen LogP contribution in [-0.4, -0.2) is 61.8 Å². The van der Waals surface area contributed by atoms with E-state index in [4.69, 9.17) is 4.98 Å². The number of hydrogen-bond donors (Lipinski definition) is 0. The number of benzene rings is 1. The van der Waals surface area contributed by atoms with Crippen LogP contribution in [0.1, 0.15) is 31.3 Å². The zero-order chi connectivity index (χ0) is 19.4. The highest BCUT2D eigenvalue weighted by Crippen LogP contribution is 2.19. The van der Waals surface area contributed by atoms with Crippen molar-refractivity contribution in [1.29, 1.82) is 0 Å². The van der Waals surface area contributed by atoms with E-state index < -0.39 is 9.84 Å². The lowest BCUT2D eigenvalue weighted by Crippen LogP contribution is -2.48. The third kappa shape index (κ3) is 5.05. The molecule has 0 spiro atoms. The highest BCUT2D eigenvalue weighted by molar-refractivity contribution is 7.91. The standard InChI is InChI=1S/C20H28N4O2S/c1-16(2)20-21-17(3)15-19(22-20)24-11-9-23(10-12-24)13-14-27(25,26)18-7-5-4-6-8-18/h4-8,15-16H,9-14H2,1-3H3. The molecule has 0 saturated carbocycles. The quantitative estimate of drug-likeness (QED) is 0.758. The van der Waals surface area contributed by atoms with E-state index in [1.54, 1.807) is 24.3 Å². The fourth-order valence-electron chi connectivity index (χ4n) is 3.19. The Labute approximate surface area is 162 Å². The van der Waals surface area contributed by atoms with Crippen LogP contribution in [0.3, 0.4) is 0 Å². The Morgan fingerprint density at radius 2 is 1.70 bits per heavy atom. The number of sulfone groups is 1. The van der Waals surface area contributed by atoms with Crippen molar-refractivity contribution in [1.82, 2.24) is 14.9 Å². The lowest BCUT2D eigenvalue weighted by molar-refractivity contribution is 0.271. The van der Waals surface area contributed by atoms with Gasteiger partial charge < -0.3 is 4.90 Å². The lowest BCUT2D eigenvalue weighted by atomic mass is 10.2. The minimum absolute atomic E-state index is 0.154. The average Bonchev–Trinajstić information content (AvgIpc) is 2.67. The smallest absolute Gasteiger partial charge is 0.179 e. The van der Waals surface area contributed by atoms with Gasteiger partial charge in [-0.1, -0.05) is 32.0 Å². The van der Waals surface area contributed by atoms with Gasteiger partial charge in [0, 0.05) is 50.4 Å². The van der Waals surface area contributed by atoms with E-state index in [0.717, 1.165) is 43.5 Å². The molecule has 7 heteroatoms. The summed E-state index contributed by atoms with van der Waals surface area (Å²) in [5.74, 6) is 2.30. The zero-order valence-electron chi connectivity index (χ0n) is 16.3. The Hall–Kier alpha value is -1.99. The molecule has 0 N–H and O–H groups in total. The van der Waals surface area contributed by atoms with Gasteiger partial charge in [0.15, 0.2) is 9.84 Å². The van der Waals surface area contributed by atoms with E-state index in [0.29, 0.717) is 17.4 Å². The lowest BCUT2D eigenvalue weighted by Gasteiger charge is -2.35. The van der Waals surface area contributed by atoms with E-state index in [-0.39, 0.29) is 5.75 Å². The topological polar surface area (TPSA) is 66.4 Å². The molecule has 3 rings (SSSR count). The predicted molar refractivity (Wildman–Crippen MR) is 108 cm³/mol. The Kier molecular flexibility index (Phi) is 6.11. The Bertz CT molecular complexity index is 861. The van der Waals surface area contributed by atoms with E-state index in [1.807, 2.05) is 19.1 Å². The number of hydrogen-bond acceptors (Lipinski definition) is 6. The normalized spacial score (nSPS) is 16.1. The summed E-state index contributed by atoms with van der Waals surface area (Å²) in [6, 6.07) is 10.7. The van der Waals surface area contributed by atoms with Crippen LogP contribution < -0.4 is 4.90 Å². The molecule has 2 aromatic rings. The van der Waals surface area contributed by atoms with Crippen molar-refractivity contribution in [3.8, 4) is 0 Å². The maximum Gasteiger partial charge on any atom is 0.179 e. The van der Waals surface area contributed by atoms with E-state index in [9.17, 15) is 8.42 Å². The Balaban J connectivity index is 1.57. The molecule has 0 bridgehead atoms. The van der Waals surface area contributed by atoms with Gasteiger partial charge in [-0.15, -0.1) is 0 Å². The molecule has 1 aliphatic rings. The maximum atomic E-state index is 12.4. The van der Waals surface area contributed by atoms with Gasteiger partial charge in [-0.3, -0.25) is 4.90 Å². The average molecular weight is 389 g/mol. The first-order valence-electron chi connectivity index (χ1n) is 9.46. The molecule has 0 atom stereocenters. The summed E-state index contributed by atoms with van der Waals surface area (Å²) in [4.78, 5) is 14.1. The van der Waals surface area contributed by atoms with E-state index >= 15 is 0 Å². The molecule has 0 amide bonds. The van der Waals surface area contributed by atoms with Crippen molar-refractivity contribution in [2.24, 2.45) is 0 Å². The van der Waals surface area contributed by atoms with Crippen molar-refractivity contribution < 1.29 is 8.42 Å². The number of aromatic nitrogens is 2. The van der Waals surface area contributed by atoms with Crippen molar-refractivity contribution >= 4 is 15.7 Å². The van der Waals surface area contributed by atoms with Crippen molar-refractivity contribution in [3.63, 3.8) is 0 Å². The number of rotatable bonds is 6. The van der Waals surface area contributed by atoms with Crippen LogP contribution in [0.25, 0.3) is 0 Å². The predicted octanol–water partition coefficient (Wildman–Crippen LogP) is 2.50. The third-order valence-electron chi connectivity index (χ3n) is 4.85. The van der Waals surface area contributed by atoms with E-state index in [1.165, 1.54) is 0 Å². The Morgan fingerprint density at radius 3 is 2.33 bits per heavy atom. The molecule has 0 radical (unpaired) electrons. The van der Waals surface area contributed by atoms with Gasteiger partial charge in [0.05, 0.1) is 10.6 Å². The van der Waals surface area contributed by atoms with Gasteiger partial charge in [0.1, 0.15) is 11.6 Å². The fourth-order valence-corrected chi connectivity index (χ4v) is 4.50. The molecular weight excluding hydrogens is 360 g/mol. The SMILES string of the molecule is Cc1cc(N2CCN(CCS(=O)(=O)c3ccccc3)CC2)nc(C(C)C)n1. The van der Waals surface area contributed by atoms with Crippen LogP contribution in [0.2, 0.25) is 0 Å². The molecule has 2 heterocycles. The summed E-state index contributed by atoms with van der Waals surface area (Å²) in [7, 11) is -3.22. The van der Waals surface area contributed by atoms with Gasteiger partial charge in [-0.25, -0.2) is 18.4 Å². The minimum atomic E-state index is -3.22. The van der Waals surface area contributed by atoms with Gasteiger partial charge in [0.2, 0.25) is 0 Å². The summed E-state index contributed by atoms with van der Waals surface area (Å²) in [5.41, 5.74) is 0.986. The molecule has 1 aromatic carbocycles. The van der Waals surface area contributed by atoms with E-state index in [2.05, 4.69) is 28.6 Å². The molecule has 1 aromatic heterocycles. The molecule has 1 saturated heterocycles. The molecular formula is C20H28N4O2S. The molecule has 27 heavy (non-hydrogen) atoms. The van der Waals surface area contributed by atoms with Crippen LogP contribution in [-0.2, 0) is 9.84 Å². The molecule has 146 valence electrons. The molecule has 0 aliphatic carbocycles. The molecule has 1 aliphatic heterocycles. The van der Waals surface area contributed by atoms with Gasteiger partial charge in [-0.2, -0.15) is 0 Å². The largest absolute Gasteiger partial charge is 0.354 e.